The molecule has 3 rings (SSSR count). The first-order chi connectivity index (χ1) is 13.7. The number of benzene rings is 2. The van der Waals surface area contributed by atoms with Gasteiger partial charge in [0.1, 0.15) is 5.57 Å². The van der Waals surface area contributed by atoms with Crippen LogP contribution in [0.5, 0.6) is 0 Å². The Bertz CT molecular complexity index is 1020. The minimum atomic E-state index is -0.448. The van der Waals surface area contributed by atoms with Crippen molar-refractivity contribution in [1.29, 1.82) is 0 Å². The highest BCUT2D eigenvalue weighted by Crippen LogP contribution is 2.24. The Morgan fingerprint density at radius 3 is 2.36 bits per heavy atom. The maximum atomic E-state index is 12.1. The van der Waals surface area contributed by atoms with Crippen LogP contribution in [0.4, 0.5) is 0 Å². The maximum Gasteiger partial charge on any atom is 0.341 e. The standard InChI is InChI=1S/C23H22N2O3/c1-17-19(15-24-25(17)20-10-5-4-6-11-20)14-13-18-9-7-8-12-21(18)22(16-27-2)23(26)28-3/h4-16H,1-3H3. The van der Waals surface area contributed by atoms with Crippen molar-refractivity contribution in [2.24, 2.45) is 0 Å². The van der Waals surface area contributed by atoms with Crippen molar-refractivity contribution in [1.82, 2.24) is 9.78 Å². The third-order valence-electron chi connectivity index (χ3n) is 4.38. The maximum absolute atomic E-state index is 12.1. The van der Waals surface area contributed by atoms with E-state index in [4.69, 9.17) is 9.47 Å². The van der Waals surface area contributed by atoms with E-state index >= 15 is 0 Å². The van der Waals surface area contributed by atoms with Gasteiger partial charge in [0.05, 0.1) is 32.4 Å². The van der Waals surface area contributed by atoms with E-state index in [1.54, 1.807) is 0 Å². The molecule has 0 aliphatic heterocycles. The molecule has 1 heterocycles. The minimum Gasteiger partial charge on any atom is -0.503 e. The monoisotopic (exact) mass is 374 g/mol. The summed E-state index contributed by atoms with van der Waals surface area (Å²) in [5, 5.41) is 4.49. The zero-order valence-corrected chi connectivity index (χ0v) is 16.1. The van der Waals surface area contributed by atoms with Gasteiger partial charge in [0.25, 0.3) is 0 Å². The molecule has 0 fully saturated rings. The highest BCUT2D eigenvalue weighted by molar-refractivity contribution is 6.17. The van der Waals surface area contributed by atoms with Gasteiger partial charge in [0.15, 0.2) is 0 Å². The minimum absolute atomic E-state index is 0.363. The smallest absolute Gasteiger partial charge is 0.341 e. The molecule has 1 aromatic heterocycles. The average Bonchev–Trinajstić information content (AvgIpc) is 3.11. The van der Waals surface area contributed by atoms with Gasteiger partial charge < -0.3 is 9.47 Å². The Labute approximate surface area is 164 Å². The lowest BCUT2D eigenvalue weighted by Gasteiger charge is -2.09. The second-order valence-corrected chi connectivity index (χ2v) is 6.11. The van der Waals surface area contributed by atoms with E-state index in [1.165, 1.54) is 20.5 Å². The van der Waals surface area contributed by atoms with Gasteiger partial charge in [-0.2, -0.15) is 5.10 Å². The second-order valence-electron chi connectivity index (χ2n) is 6.11. The molecule has 0 saturated heterocycles. The zero-order chi connectivity index (χ0) is 19.9. The van der Waals surface area contributed by atoms with Crippen molar-refractivity contribution in [3.8, 4) is 5.69 Å². The van der Waals surface area contributed by atoms with Crippen LogP contribution in [-0.4, -0.2) is 30.0 Å². The predicted molar refractivity (Wildman–Crippen MR) is 111 cm³/mol. The summed E-state index contributed by atoms with van der Waals surface area (Å²) in [4.78, 5) is 12.1. The number of hydrogen-bond acceptors (Lipinski definition) is 4. The number of rotatable bonds is 6. The molecule has 2 aromatic carbocycles. The van der Waals surface area contributed by atoms with E-state index in [0.29, 0.717) is 5.57 Å². The SMILES string of the molecule is COC=C(C(=O)OC)c1ccccc1C=Cc1cnn(-c2ccccc2)c1C. The summed E-state index contributed by atoms with van der Waals surface area (Å²) >= 11 is 0. The lowest BCUT2D eigenvalue weighted by Crippen LogP contribution is -2.05. The lowest BCUT2D eigenvalue weighted by atomic mass is 9.99. The van der Waals surface area contributed by atoms with Crippen LogP contribution in [0.25, 0.3) is 23.4 Å². The molecule has 5 nitrogen and oxygen atoms in total. The summed E-state index contributed by atoms with van der Waals surface area (Å²) in [7, 11) is 2.86. The third-order valence-corrected chi connectivity index (χ3v) is 4.38. The topological polar surface area (TPSA) is 53.4 Å². The summed E-state index contributed by atoms with van der Waals surface area (Å²) in [6.45, 7) is 2.02. The number of nitrogens with zero attached hydrogens (tertiary/aromatic N) is 2. The van der Waals surface area contributed by atoms with Crippen molar-refractivity contribution in [2.75, 3.05) is 14.2 Å². The number of methoxy groups -OCH3 is 2. The van der Waals surface area contributed by atoms with Gasteiger partial charge in [-0.3, -0.25) is 0 Å². The summed E-state index contributed by atoms with van der Waals surface area (Å²) in [5.74, 6) is -0.448. The van der Waals surface area contributed by atoms with Crippen molar-refractivity contribution >= 4 is 23.7 Å². The molecule has 0 bridgehead atoms. The molecular formula is C23H22N2O3. The molecule has 0 radical (unpaired) electrons. The first kappa shape index (κ1) is 19.2. The van der Waals surface area contributed by atoms with E-state index < -0.39 is 5.97 Å². The van der Waals surface area contributed by atoms with Crippen molar-refractivity contribution < 1.29 is 14.3 Å². The Kier molecular flexibility index (Phi) is 6.07. The van der Waals surface area contributed by atoms with E-state index in [1.807, 2.05) is 84.6 Å². The van der Waals surface area contributed by atoms with E-state index in [-0.39, 0.29) is 0 Å². The van der Waals surface area contributed by atoms with Crippen molar-refractivity contribution in [3.63, 3.8) is 0 Å². The van der Waals surface area contributed by atoms with Gasteiger partial charge in [-0.25, -0.2) is 9.48 Å². The largest absolute Gasteiger partial charge is 0.503 e. The van der Waals surface area contributed by atoms with Gasteiger partial charge in [0.2, 0.25) is 0 Å². The number of carbonyl (C=O) groups excluding carboxylic acids is 1. The molecule has 0 atom stereocenters. The average molecular weight is 374 g/mol. The van der Waals surface area contributed by atoms with Crippen LogP contribution < -0.4 is 0 Å². The molecule has 0 amide bonds. The number of para-hydroxylation sites is 1. The predicted octanol–water partition coefficient (Wildman–Crippen LogP) is 4.51. The number of esters is 1. The molecule has 0 unspecified atom stereocenters. The van der Waals surface area contributed by atoms with Crippen LogP contribution >= 0.6 is 0 Å². The fourth-order valence-electron chi connectivity index (χ4n) is 2.93. The molecule has 142 valence electrons. The first-order valence-corrected chi connectivity index (χ1v) is 8.84. The van der Waals surface area contributed by atoms with Gasteiger partial charge in [-0.15, -0.1) is 0 Å². The van der Waals surface area contributed by atoms with Crippen LogP contribution in [0.3, 0.4) is 0 Å². The molecule has 28 heavy (non-hydrogen) atoms. The van der Waals surface area contributed by atoms with Crippen molar-refractivity contribution in [2.45, 2.75) is 6.92 Å². The molecule has 5 heteroatoms. The molecule has 0 spiro atoms. The van der Waals surface area contributed by atoms with Crippen LogP contribution in [0.2, 0.25) is 0 Å². The number of aromatic nitrogens is 2. The quantitative estimate of drug-likeness (QED) is 0.362. The summed E-state index contributed by atoms with van der Waals surface area (Å²) in [5.41, 5.74) is 5.01. The summed E-state index contributed by atoms with van der Waals surface area (Å²) < 4.78 is 11.9. The fourth-order valence-corrected chi connectivity index (χ4v) is 2.93. The van der Waals surface area contributed by atoms with Crippen LogP contribution in [0.15, 0.2) is 67.1 Å². The summed E-state index contributed by atoms with van der Waals surface area (Å²) in [6, 6.07) is 17.6. The third kappa shape index (κ3) is 4.04. The molecule has 0 N–H and O–H groups in total. The molecule has 0 saturated carbocycles. The first-order valence-electron chi connectivity index (χ1n) is 8.84. The van der Waals surface area contributed by atoms with Crippen LogP contribution in [-0.2, 0) is 14.3 Å². The zero-order valence-electron chi connectivity index (χ0n) is 16.1. The highest BCUT2D eigenvalue weighted by atomic mass is 16.5. The number of hydrogen-bond donors (Lipinski definition) is 0. The number of carbonyl (C=O) groups is 1. The Hall–Kier alpha value is -3.60. The van der Waals surface area contributed by atoms with E-state index in [0.717, 1.165) is 28.1 Å². The molecule has 0 aliphatic carbocycles. The second kappa shape index (κ2) is 8.86. The van der Waals surface area contributed by atoms with Gasteiger partial charge in [-0.05, 0) is 30.2 Å². The van der Waals surface area contributed by atoms with Crippen LogP contribution in [0.1, 0.15) is 22.4 Å². The van der Waals surface area contributed by atoms with E-state index in [9.17, 15) is 4.79 Å². The van der Waals surface area contributed by atoms with Gasteiger partial charge >= 0.3 is 5.97 Å². The molecular weight excluding hydrogens is 352 g/mol. The van der Waals surface area contributed by atoms with Gasteiger partial charge in [0, 0.05) is 11.3 Å². The lowest BCUT2D eigenvalue weighted by molar-refractivity contribution is -0.133. The molecule has 3 aromatic rings. The van der Waals surface area contributed by atoms with Crippen molar-refractivity contribution in [3.05, 3.63) is 89.4 Å². The number of ether oxygens (including phenoxy) is 2. The summed E-state index contributed by atoms with van der Waals surface area (Å²) in [6.07, 6.45) is 7.17. The Morgan fingerprint density at radius 2 is 1.64 bits per heavy atom. The fraction of sp³-hybridized carbons (Fsp3) is 0.130. The Balaban J connectivity index is 1.95. The van der Waals surface area contributed by atoms with E-state index in [2.05, 4.69) is 5.10 Å². The van der Waals surface area contributed by atoms with Crippen LogP contribution in [0, 0.1) is 6.92 Å². The van der Waals surface area contributed by atoms with Gasteiger partial charge in [-0.1, -0.05) is 54.6 Å². The molecule has 0 aliphatic rings. The normalized spacial score (nSPS) is 11.6. The Morgan fingerprint density at radius 1 is 0.964 bits per heavy atom. The highest BCUT2D eigenvalue weighted by Gasteiger charge is 2.15.